The molecule has 34 heavy (non-hydrogen) atoms. The Labute approximate surface area is 203 Å². The molecule has 1 N–H and O–H groups in total. The molecule has 0 radical (unpaired) electrons. The molecule has 0 fully saturated rings. The average Bonchev–Trinajstić information content (AvgIpc) is 3.35. The summed E-state index contributed by atoms with van der Waals surface area (Å²) in [6.45, 7) is 0. The van der Waals surface area contributed by atoms with Crippen molar-refractivity contribution in [3.05, 3.63) is 102 Å². The maximum Gasteiger partial charge on any atom is 0.224 e. The van der Waals surface area contributed by atoms with Crippen LogP contribution >= 0.6 is 22.9 Å². The van der Waals surface area contributed by atoms with E-state index in [-0.39, 0.29) is 5.29 Å². The Morgan fingerprint density at radius 1 is 0.706 bits per heavy atom. The van der Waals surface area contributed by atoms with Gasteiger partial charge in [-0.1, -0.05) is 54.6 Å². The van der Waals surface area contributed by atoms with Crippen LogP contribution in [-0.4, -0.2) is 11.1 Å². The minimum Gasteiger partial charge on any atom is -0.456 e. The molecule has 4 aromatic carbocycles. The predicted octanol–water partition coefficient (Wildman–Crippen LogP) is 7.90. The number of aliphatic imine (C=N–C) groups is 2. The molecule has 0 saturated heterocycles. The molecule has 0 aliphatic carbocycles. The summed E-state index contributed by atoms with van der Waals surface area (Å²) in [6.07, 6.45) is 1.71. The quantitative estimate of drug-likeness (QED) is 0.258. The van der Waals surface area contributed by atoms with E-state index in [1.165, 1.54) is 20.2 Å². The summed E-state index contributed by atoms with van der Waals surface area (Å²) in [5, 5.41) is 8.32. The van der Waals surface area contributed by atoms with Gasteiger partial charge in [-0.05, 0) is 41.9 Å². The van der Waals surface area contributed by atoms with Crippen molar-refractivity contribution in [3.63, 3.8) is 0 Å². The summed E-state index contributed by atoms with van der Waals surface area (Å²) in [7, 11) is 0. The number of thiophene rings is 1. The fourth-order valence-electron chi connectivity index (χ4n) is 4.48. The van der Waals surface area contributed by atoms with Gasteiger partial charge in [0.1, 0.15) is 17.0 Å². The van der Waals surface area contributed by atoms with Crippen molar-refractivity contribution in [2.75, 3.05) is 0 Å². The van der Waals surface area contributed by atoms with Crippen LogP contribution in [0.15, 0.2) is 106 Å². The molecule has 162 valence electrons. The zero-order valence-corrected chi connectivity index (χ0v) is 19.3. The van der Waals surface area contributed by atoms with Crippen molar-refractivity contribution in [1.29, 1.82) is 0 Å². The summed E-state index contributed by atoms with van der Waals surface area (Å²) in [4.78, 5) is 8.85. The molecule has 6 aromatic rings. The van der Waals surface area contributed by atoms with E-state index in [2.05, 4.69) is 76.0 Å². The van der Waals surface area contributed by atoms with Crippen molar-refractivity contribution in [2.45, 2.75) is 0 Å². The first-order valence-corrected chi connectivity index (χ1v) is 12.0. The van der Waals surface area contributed by atoms with Crippen molar-refractivity contribution in [2.24, 2.45) is 9.98 Å². The first-order valence-electron chi connectivity index (χ1n) is 10.9. The lowest BCUT2D eigenvalue weighted by Crippen LogP contribution is -2.23. The van der Waals surface area contributed by atoms with Gasteiger partial charge < -0.3 is 9.73 Å². The van der Waals surface area contributed by atoms with E-state index in [1.807, 2.05) is 24.3 Å². The lowest BCUT2D eigenvalue weighted by Gasteiger charge is -2.12. The van der Waals surface area contributed by atoms with E-state index in [0.717, 1.165) is 38.8 Å². The highest BCUT2D eigenvalue weighted by atomic mass is 35.5. The number of nitrogens with zero attached hydrogens (tertiary/aromatic N) is 2. The van der Waals surface area contributed by atoms with Crippen molar-refractivity contribution in [3.8, 4) is 0 Å². The Morgan fingerprint density at radius 3 is 2.38 bits per heavy atom. The van der Waals surface area contributed by atoms with Crippen LogP contribution in [-0.2, 0) is 0 Å². The van der Waals surface area contributed by atoms with Crippen LogP contribution in [0.1, 0.15) is 11.1 Å². The van der Waals surface area contributed by atoms with E-state index < -0.39 is 0 Å². The standard InChI is InChI=1S/C28H16ClN3OS/c29-28-30-15-22(16-9-11-19-18-5-1-3-7-23(18)33-24(19)13-16)31-27(32-28)17-10-12-21-20-6-2-4-8-25(20)34-26(21)14-17/h1-15H,(H,30,31,32). The highest BCUT2D eigenvalue weighted by Crippen LogP contribution is 2.35. The van der Waals surface area contributed by atoms with Gasteiger partial charge in [0.15, 0.2) is 0 Å². The lowest BCUT2D eigenvalue weighted by molar-refractivity contribution is 0.669. The molecule has 6 heteroatoms. The second-order valence-electron chi connectivity index (χ2n) is 8.14. The highest BCUT2D eigenvalue weighted by Gasteiger charge is 2.15. The summed E-state index contributed by atoms with van der Waals surface area (Å²) in [5.41, 5.74) is 4.39. The van der Waals surface area contributed by atoms with E-state index >= 15 is 0 Å². The Bertz CT molecular complexity index is 1860. The third-order valence-electron chi connectivity index (χ3n) is 6.10. The summed E-state index contributed by atoms with van der Waals surface area (Å²) in [6, 6.07) is 29.1. The third-order valence-corrected chi connectivity index (χ3v) is 7.41. The third kappa shape index (κ3) is 3.13. The van der Waals surface area contributed by atoms with Crippen LogP contribution in [0.4, 0.5) is 0 Å². The molecular formula is C28H16ClN3OS. The number of para-hydroxylation sites is 1. The number of rotatable bonds is 2. The molecule has 0 spiro atoms. The molecule has 3 heterocycles. The molecule has 0 amide bonds. The zero-order chi connectivity index (χ0) is 22.6. The van der Waals surface area contributed by atoms with Gasteiger partial charge in [-0.15, -0.1) is 11.3 Å². The fourth-order valence-corrected chi connectivity index (χ4v) is 5.76. The minimum atomic E-state index is 0.179. The maximum atomic E-state index is 6.31. The molecule has 0 saturated carbocycles. The molecule has 0 unspecified atom stereocenters. The van der Waals surface area contributed by atoms with Crippen LogP contribution in [0.25, 0.3) is 47.8 Å². The number of nitrogens with one attached hydrogen (secondary N) is 1. The first-order chi connectivity index (χ1) is 16.7. The number of hydrogen-bond donors (Lipinski definition) is 1. The minimum absolute atomic E-state index is 0.179. The van der Waals surface area contributed by atoms with Gasteiger partial charge in [-0.3, -0.25) is 0 Å². The average molecular weight is 478 g/mol. The highest BCUT2D eigenvalue weighted by molar-refractivity contribution is 7.25. The van der Waals surface area contributed by atoms with Crippen molar-refractivity contribution >= 4 is 81.9 Å². The molecule has 4 nitrogen and oxygen atoms in total. The monoisotopic (exact) mass is 477 g/mol. The van der Waals surface area contributed by atoms with Gasteiger partial charge in [-0.25, -0.2) is 4.99 Å². The SMILES string of the molecule is ClC1=NC=C(c2ccc3c(c2)oc2ccccc23)NC(c2ccc3c(c2)sc2ccccc23)=N1. The topological polar surface area (TPSA) is 49.9 Å². The lowest BCUT2D eigenvalue weighted by atomic mass is 10.1. The van der Waals surface area contributed by atoms with Crippen LogP contribution in [0.5, 0.6) is 0 Å². The van der Waals surface area contributed by atoms with E-state index in [4.69, 9.17) is 16.0 Å². The summed E-state index contributed by atoms with van der Waals surface area (Å²) < 4.78 is 8.55. The molecule has 1 aliphatic heterocycles. The van der Waals surface area contributed by atoms with Crippen molar-refractivity contribution < 1.29 is 4.42 Å². The Kier molecular flexibility index (Phi) is 4.34. The van der Waals surface area contributed by atoms with Gasteiger partial charge in [0.05, 0.1) is 11.9 Å². The number of hydrogen-bond acceptors (Lipinski definition) is 5. The number of halogens is 1. The Hall–Kier alpha value is -3.93. The van der Waals surface area contributed by atoms with E-state index in [0.29, 0.717) is 5.84 Å². The van der Waals surface area contributed by atoms with Crippen LogP contribution in [0.3, 0.4) is 0 Å². The summed E-state index contributed by atoms with van der Waals surface area (Å²) in [5.74, 6) is 0.654. The maximum absolute atomic E-state index is 6.31. The molecule has 7 rings (SSSR count). The molecular weight excluding hydrogens is 462 g/mol. The first kappa shape index (κ1) is 19.5. The van der Waals surface area contributed by atoms with Gasteiger partial charge in [0.25, 0.3) is 0 Å². The van der Waals surface area contributed by atoms with Crippen LogP contribution in [0, 0.1) is 0 Å². The van der Waals surface area contributed by atoms with Crippen LogP contribution < -0.4 is 5.32 Å². The molecule has 0 bridgehead atoms. The summed E-state index contributed by atoms with van der Waals surface area (Å²) >= 11 is 8.08. The Morgan fingerprint density at radius 2 is 1.44 bits per heavy atom. The smallest absolute Gasteiger partial charge is 0.224 e. The number of furan rings is 1. The van der Waals surface area contributed by atoms with Gasteiger partial charge in [0.2, 0.25) is 5.29 Å². The Balaban J connectivity index is 1.30. The molecule has 1 aliphatic rings. The van der Waals surface area contributed by atoms with Gasteiger partial charge in [0, 0.05) is 42.1 Å². The second kappa shape index (κ2) is 7.55. The number of fused-ring (bicyclic) bond motifs is 6. The van der Waals surface area contributed by atoms with Crippen LogP contribution in [0.2, 0.25) is 0 Å². The van der Waals surface area contributed by atoms with E-state index in [1.54, 1.807) is 17.5 Å². The molecule has 0 atom stereocenters. The predicted molar refractivity (Wildman–Crippen MR) is 144 cm³/mol. The molecule has 2 aromatic heterocycles. The largest absolute Gasteiger partial charge is 0.456 e. The van der Waals surface area contributed by atoms with E-state index in [9.17, 15) is 0 Å². The van der Waals surface area contributed by atoms with Gasteiger partial charge in [-0.2, -0.15) is 4.99 Å². The second-order valence-corrected chi connectivity index (χ2v) is 9.57. The fraction of sp³-hybridized carbons (Fsp3) is 0. The number of amidine groups is 2. The van der Waals surface area contributed by atoms with Crippen molar-refractivity contribution in [1.82, 2.24) is 5.32 Å². The van der Waals surface area contributed by atoms with Gasteiger partial charge >= 0.3 is 0 Å². The normalized spacial score (nSPS) is 14.2. The zero-order valence-electron chi connectivity index (χ0n) is 17.7. The number of benzene rings is 4.